The van der Waals surface area contributed by atoms with Crippen LogP contribution in [0.4, 0.5) is 21.6 Å². The van der Waals surface area contributed by atoms with Crippen molar-refractivity contribution < 1.29 is 4.39 Å². The van der Waals surface area contributed by atoms with Gasteiger partial charge in [-0.15, -0.1) is 0 Å². The first-order valence-corrected chi connectivity index (χ1v) is 11.7. The number of pyridine rings is 1. The third-order valence-electron chi connectivity index (χ3n) is 6.39. The van der Waals surface area contributed by atoms with Gasteiger partial charge in [-0.3, -0.25) is 4.98 Å². The van der Waals surface area contributed by atoms with E-state index in [4.69, 9.17) is 9.97 Å². The molecule has 2 N–H and O–H groups in total. The zero-order valence-electron chi connectivity index (χ0n) is 19.0. The van der Waals surface area contributed by atoms with E-state index in [1.165, 1.54) is 12.1 Å². The normalized spacial score (nSPS) is 19.5. The summed E-state index contributed by atoms with van der Waals surface area (Å²) >= 11 is 0. The Balaban J connectivity index is 1.48. The zero-order valence-corrected chi connectivity index (χ0v) is 19.0. The van der Waals surface area contributed by atoms with Gasteiger partial charge in [0.2, 0.25) is 0 Å². The molecule has 3 aromatic rings. The van der Waals surface area contributed by atoms with Crippen molar-refractivity contribution in [3.63, 3.8) is 0 Å². The number of aromatic nitrogens is 3. The van der Waals surface area contributed by atoms with Crippen LogP contribution in [0, 0.1) is 5.82 Å². The van der Waals surface area contributed by atoms with Gasteiger partial charge in [0.05, 0.1) is 17.6 Å². The zero-order chi connectivity index (χ0) is 22.6. The minimum Gasteiger partial charge on any atom is -0.368 e. The monoisotopic (exact) mass is 447 g/mol. The van der Waals surface area contributed by atoms with Gasteiger partial charge in [0.25, 0.3) is 0 Å². The van der Waals surface area contributed by atoms with E-state index in [1.54, 1.807) is 6.07 Å². The Bertz CT molecular complexity index is 1090. The molecule has 2 saturated heterocycles. The average Bonchev–Trinajstić information content (AvgIpc) is 2.85. The van der Waals surface area contributed by atoms with E-state index in [-0.39, 0.29) is 11.7 Å². The highest BCUT2D eigenvalue weighted by atomic mass is 19.1. The smallest absolute Gasteiger partial charge is 0.135 e. The maximum Gasteiger partial charge on any atom is 0.135 e. The minimum atomic E-state index is -0.282. The van der Waals surface area contributed by atoms with Crippen molar-refractivity contribution in [1.82, 2.24) is 25.2 Å². The van der Waals surface area contributed by atoms with Crippen LogP contribution >= 0.6 is 0 Å². The van der Waals surface area contributed by atoms with Crippen LogP contribution in [0.15, 0.2) is 48.8 Å². The molecular formula is C25H30FN7. The van der Waals surface area contributed by atoms with Crippen LogP contribution in [0.25, 0.3) is 11.3 Å². The summed E-state index contributed by atoms with van der Waals surface area (Å²) < 4.78 is 13.7. The number of nitrogens with zero attached hydrogens (tertiary/aromatic N) is 5. The number of piperidine rings is 1. The number of hydrogen-bond acceptors (Lipinski definition) is 7. The predicted octanol–water partition coefficient (Wildman–Crippen LogP) is 3.64. The van der Waals surface area contributed by atoms with E-state index in [2.05, 4.69) is 38.5 Å². The Morgan fingerprint density at radius 1 is 1.06 bits per heavy atom. The van der Waals surface area contributed by atoms with Crippen LogP contribution in [0.5, 0.6) is 0 Å². The lowest BCUT2D eigenvalue weighted by Gasteiger charge is -2.34. The molecule has 2 aromatic heterocycles. The average molecular weight is 448 g/mol. The van der Waals surface area contributed by atoms with E-state index in [0.29, 0.717) is 11.5 Å². The van der Waals surface area contributed by atoms with Gasteiger partial charge in [0, 0.05) is 62.2 Å². The molecule has 2 aliphatic heterocycles. The number of likely N-dealkylation sites (N-methyl/N-ethyl adjacent to an activating group) is 1. The number of hydrogen-bond donors (Lipinski definition) is 2. The molecule has 2 aliphatic rings. The topological polar surface area (TPSA) is 69.2 Å². The Labute approximate surface area is 194 Å². The molecule has 4 heterocycles. The van der Waals surface area contributed by atoms with Gasteiger partial charge in [-0.25, -0.2) is 14.4 Å². The van der Waals surface area contributed by atoms with E-state index in [0.717, 1.165) is 74.9 Å². The van der Waals surface area contributed by atoms with E-state index in [1.807, 2.05) is 24.5 Å². The molecule has 0 aliphatic carbocycles. The molecule has 0 saturated carbocycles. The number of piperazine rings is 1. The second kappa shape index (κ2) is 9.80. The lowest BCUT2D eigenvalue weighted by molar-refractivity contribution is 0.313. The highest BCUT2D eigenvalue weighted by molar-refractivity contribution is 5.68. The van der Waals surface area contributed by atoms with Crippen molar-refractivity contribution in [2.75, 3.05) is 56.5 Å². The molecule has 1 unspecified atom stereocenters. The number of rotatable bonds is 5. The van der Waals surface area contributed by atoms with Gasteiger partial charge in [0.1, 0.15) is 17.5 Å². The summed E-state index contributed by atoms with van der Waals surface area (Å²) in [5.74, 6) is 1.44. The summed E-state index contributed by atoms with van der Waals surface area (Å²) in [5, 5.41) is 6.72. The molecule has 0 bridgehead atoms. The van der Waals surface area contributed by atoms with Gasteiger partial charge in [-0.05, 0) is 50.7 Å². The van der Waals surface area contributed by atoms with Crippen LogP contribution in [0.2, 0.25) is 0 Å². The maximum atomic E-state index is 13.7. The van der Waals surface area contributed by atoms with Crippen molar-refractivity contribution >= 4 is 17.2 Å². The fourth-order valence-corrected chi connectivity index (χ4v) is 4.45. The van der Waals surface area contributed by atoms with E-state index in [9.17, 15) is 4.39 Å². The Kier molecular flexibility index (Phi) is 6.46. The van der Waals surface area contributed by atoms with Gasteiger partial charge in [0.15, 0.2) is 0 Å². The highest BCUT2D eigenvalue weighted by Crippen LogP contribution is 2.29. The summed E-state index contributed by atoms with van der Waals surface area (Å²) in [6, 6.07) is 10.5. The fraction of sp³-hybridized carbons (Fsp3) is 0.400. The summed E-state index contributed by atoms with van der Waals surface area (Å²) in [6.07, 6.45) is 5.94. The van der Waals surface area contributed by atoms with Crippen molar-refractivity contribution in [3.8, 4) is 11.3 Å². The molecule has 0 spiro atoms. The summed E-state index contributed by atoms with van der Waals surface area (Å²) in [4.78, 5) is 19.0. The van der Waals surface area contributed by atoms with Crippen LogP contribution < -0.4 is 15.5 Å². The molecule has 7 nitrogen and oxygen atoms in total. The summed E-state index contributed by atoms with van der Waals surface area (Å²) in [5.41, 5.74) is 3.56. The molecule has 5 rings (SSSR count). The first-order valence-electron chi connectivity index (χ1n) is 11.7. The molecule has 1 atom stereocenters. The Morgan fingerprint density at radius 3 is 2.73 bits per heavy atom. The molecule has 0 amide bonds. The SMILES string of the molecule is CN1CCN(c2cncc(-c3cc(Nc4cccc(F)c4)nc(C4CCCNC4)n3)c2)CC1. The van der Waals surface area contributed by atoms with Crippen molar-refractivity contribution in [2.24, 2.45) is 0 Å². The lowest BCUT2D eigenvalue weighted by Crippen LogP contribution is -2.44. The number of anilines is 3. The van der Waals surface area contributed by atoms with Crippen molar-refractivity contribution in [3.05, 3.63) is 60.4 Å². The molecule has 172 valence electrons. The predicted molar refractivity (Wildman–Crippen MR) is 130 cm³/mol. The van der Waals surface area contributed by atoms with Crippen LogP contribution in [0.1, 0.15) is 24.6 Å². The van der Waals surface area contributed by atoms with Crippen molar-refractivity contribution in [2.45, 2.75) is 18.8 Å². The Hall–Kier alpha value is -3.10. The number of halogens is 1. The van der Waals surface area contributed by atoms with Gasteiger partial charge < -0.3 is 20.4 Å². The second-order valence-corrected chi connectivity index (χ2v) is 8.90. The van der Waals surface area contributed by atoms with E-state index >= 15 is 0 Å². The molecule has 1 aromatic carbocycles. The highest BCUT2D eigenvalue weighted by Gasteiger charge is 2.21. The van der Waals surface area contributed by atoms with Crippen LogP contribution in [-0.4, -0.2) is 66.2 Å². The molecular weight excluding hydrogens is 417 g/mol. The fourth-order valence-electron chi connectivity index (χ4n) is 4.45. The Morgan fingerprint density at radius 2 is 1.94 bits per heavy atom. The molecule has 0 radical (unpaired) electrons. The lowest BCUT2D eigenvalue weighted by atomic mass is 9.98. The van der Waals surface area contributed by atoms with Gasteiger partial charge in [-0.2, -0.15) is 0 Å². The number of nitrogens with one attached hydrogen (secondary N) is 2. The third kappa shape index (κ3) is 5.29. The molecule has 8 heteroatoms. The molecule has 2 fully saturated rings. The maximum absolute atomic E-state index is 13.7. The third-order valence-corrected chi connectivity index (χ3v) is 6.39. The van der Waals surface area contributed by atoms with Crippen molar-refractivity contribution in [1.29, 1.82) is 0 Å². The standard InChI is InChI=1S/C25H30FN7/c1-32-8-10-33(11-9-32)22-12-19(16-28-17-22)23-14-24(29-21-6-2-5-20(26)13-21)31-25(30-23)18-4-3-7-27-15-18/h2,5-6,12-14,16-18,27H,3-4,7-11,15H2,1H3,(H,29,30,31). The van der Waals surface area contributed by atoms with Gasteiger partial charge >= 0.3 is 0 Å². The first kappa shape index (κ1) is 21.7. The van der Waals surface area contributed by atoms with E-state index < -0.39 is 0 Å². The van der Waals surface area contributed by atoms with Crippen LogP contribution in [-0.2, 0) is 0 Å². The largest absolute Gasteiger partial charge is 0.368 e. The summed E-state index contributed by atoms with van der Waals surface area (Å²) in [7, 11) is 2.15. The number of benzene rings is 1. The summed E-state index contributed by atoms with van der Waals surface area (Å²) in [6.45, 7) is 5.94. The minimum absolute atomic E-state index is 0.250. The quantitative estimate of drug-likeness (QED) is 0.619. The molecule has 33 heavy (non-hydrogen) atoms. The second-order valence-electron chi connectivity index (χ2n) is 8.90. The van der Waals surface area contributed by atoms with Gasteiger partial charge in [-0.1, -0.05) is 6.07 Å². The first-order chi connectivity index (χ1) is 16.1. The van der Waals surface area contributed by atoms with Crippen LogP contribution in [0.3, 0.4) is 0 Å².